The zero-order chi connectivity index (χ0) is 14.0. The summed E-state index contributed by atoms with van der Waals surface area (Å²) < 4.78 is 0. The second kappa shape index (κ2) is 5.59. The van der Waals surface area contributed by atoms with E-state index in [2.05, 4.69) is 25.2 Å². The van der Waals surface area contributed by atoms with Gasteiger partial charge in [0.15, 0.2) is 0 Å². The van der Waals surface area contributed by atoms with E-state index in [0.717, 1.165) is 16.9 Å². The van der Waals surface area contributed by atoms with E-state index in [9.17, 15) is 0 Å². The molecule has 0 bridgehead atoms. The Balaban J connectivity index is 2.44. The fourth-order valence-electron chi connectivity index (χ4n) is 1.86. The Morgan fingerprint density at radius 3 is 2.58 bits per heavy atom. The minimum absolute atomic E-state index is 0.329. The average molecular weight is 291 g/mol. The van der Waals surface area contributed by atoms with Crippen molar-refractivity contribution >= 4 is 40.2 Å². The first kappa shape index (κ1) is 13.8. The lowest BCUT2D eigenvalue weighted by Crippen LogP contribution is -2.12. The quantitative estimate of drug-likeness (QED) is 0.826. The number of halogens is 1. The van der Waals surface area contributed by atoms with Gasteiger partial charge in [-0.25, -0.2) is 0 Å². The zero-order valence-electron chi connectivity index (χ0n) is 10.8. The van der Waals surface area contributed by atoms with Crippen LogP contribution in [0.4, 0.5) is 11.4 Å². The number of rotatable bonds is 3. The Morgan fingerprint density at radius 1 is 1.16 bits per heavy atom. The monoisotopic (exact) mass is 290 g/mol. The fraction of sp³-hybridized carbons (Fsp3) is 0.133. The highest BCUT2D eigenvalue weighted by atomic mass is 35.5. The van der Waals surface area contributed by atoms with Crippen LogP contribution in [-0.4, -0.2) is 4.99 Å². The predicted octanol–water partition coefficient (Wildman–Crippen LogP) is 4.33. The van der Waals surface area contributed by atoms with Crippen LogP contribution in [0, 0.1) is 13.8 Å². The molecule has 2 aromatic carbocycles. The summed E-state index contributed by atoms with van der Waals surface area (Å²) >= 11 is 11.0. The molecule has 0 fully saturated rings. The number of nitrogens with one attached hydrogen (secondary N) is 1. The maximum Gasteiger partial charge on any atom is 0.106 e. The fourth-order valence-corrected chi connectivity index (χ4v) is 2.20. The summed E-state index contributed by atoms with van der Waals surface area (Å²) in [7, 11) is 0. The normalized spacial score (nSPS) is 10.3. The molecular weight excluding hydrogens is 276 g/mol. The molecule has 0 aliphatic rings. The minimum atomic E-state index is 0.329. The number of hydrogen-bond acceptors (Lipinski definition) is 2. The molecule has 0 atom stereocenters. The Kier molecular flexibility index (Phi) is 4.08. The SMILES string of the molecule is Cc1cccc(Nc2ccc(Cl)cc2C(N)=S)c1C. The van der Waals surface area contributed by atoms with Gasteiger partial charge in [0, 0.05) is 22.0 Å². The second-order valence-electron chi connectivity index (χ2n) is 4.43. The molecule has 3 N–H and O–H groups in total. The molecule has 0 heterocycles. The van der Waals surface area contributed by atoms with Gasteiger partial charge in [0.2, 0.25) is 0 Å². The van der Waals surface area contributed by atoms with E-state index in [0.29, 0.717) is 10.0 Å². The molecule has 0 unspecified atom stereocenters. The molecule has 0 aromatic heterocycles. The van der Waals surface area contributed by atoms with Gasteiger partial charge in [0.1, 0.15) is 4.99 Å². The van der Waals surface area contributed by atoms with Crippen molar-refractivity contribution in [2.75, 3.05) is 5.32 Å². The van der Waals surface area contributed by atoms with Crippen molar-refractivity contribution in [3.63, 3.8) is 0 Å². The van der Waals surface area contributed by atoms with Crippen LogP contribution in [0.3, 0.4) is 0 Å². The number of thiocarbonyl (C=S) groups is 1. The van der Waals surface area contributed by atoms with Crippen LogP contribution in [0.2, 0.25) is 5.02 Å². The van der Waals surface area contributed by atoms with Crippen molar-refractivity contribution in [1.82, 2.24) is 0 Å². The number of hydrogen-bond donors (Lipinski definition) is 2. The summed E-state index contributed by atoms with van der Waals surface area (Å²) in [4.78, 5) is 0.329. The molecule has 0 radical (unpaired) electrons. The lowest BCUT2D eigenvalue weighted by atomic mass is 10.1. The molecule has 2 rings (SSSR count). The van der Waals surface area contributed by atoms with Gasteiger partial charge in [-0.05, 0) is 49.2 Å². The molecule has 0 aliphatic heterocycles. The van der Waals surface area contributed by atoms with E-state index in [1.165, 1.54) is 11.1 Å². The smallest absolute Gasteiger partial charge is 0.106 e. The number of aryl methyl sites for hydroxylation is 1. The summed E-state index contributed by atoms with van der Waals surface area (Å²) in [5.74, 6) is 0. The summed E-state index contributed by atoms with van der Waals surface area (Å²) in [6.45, 7) is 4.16. The number of nitrogens with two attached hydrogens (primary N) is 1. The third-order valence-corrected chi connectivity index (χ3v) is 3.58. The predicted molar refractivity (Wildman–Crippen MR) is 86.5 cm³/mol. The Bertz CT molecular complexity index is 638. The number of benzene rings is 2. The molecule has 0 saturated heterocycles. The first-order chi connectivity index (χ1) is 8.99. The molecule has 2 aromatic rings. The van der Waals surface area contributed by atoms with Gasteiger partial charge >= 0.3 is 0 Å². The van der Waals surface area contributed by atoms with Crippen molar-refractivity contribution in [2.45, 2.75) is 13.8 Å². The van der Waals surface area contributed by atoms with Crippen molar-refractivity contribution in [1.29, 1.82) is 0 Å². The summed E-state index contributed by atoms with van der Waals surface area (Å²) in [6, 6.07) is 11.6. The molecule has 19 heavy (non-hydrogen) atoms. The summed E-state index contributed by atoms with van der Waals surface area (Å²) in [6.07, 6.45) is 0. The van der Waals surface area contributed by atoms with Crippen LogP contribution in [-0.2, 0) is 0 Å². The van der Waals surface area contributed by atoms with Crippen molar-refractivity contribution in [2.24, 2.45) is 5.73 Å². The molecule has 4 heteroatoms. The largest absolute Gasteiger partial charge is 0.389 e. The summed E-state index contributed by atoms with van der Waals surface area (Å²) in [5.41, 5.74) is 10.8. The number of anilines is 2. The van der Waals surface area contributed by atoms with Crippen LogP contribution < -0.4 is 11.1 Å². The van der Waals surface area contributed by atoms with Crippen molar-refractivity contribution < 1.29 is 0 Å². The van der Waals surface area contributed by atoms with Crippen LogP contribution in [0.5, 0.6) is 0 Å². The van der Waals surface area contributed by atoms with Crippen LogP contribution >= 0.6 is 23.8 Å². The van der Waals surface area contributed by atoms with E-state index < -0.39 is 0 Å². The average Bonchev–Trinajstić information content (AvgIpc) is 2.36. The Morgan fingerprint density at radius 2 is 1.89 bits per heavy atom. The third-order valence-electron chi connectivity index (χ3n) is 3.12. The van der Waals surface area contributed by atoms with Gasteiger partial charge in [-0.15, -0.1) is 0 Å². The van der Waals surface area contributed by atoms with Gasteiger partial charge < -0.3 is 11.1 Å². The van der Waals surface area contributed by atoms with E-state index in [1.807, 2.05) is 24.3 Å². The lowest BCUT2D eigenvalue weighted by Gasteiger charge is -2.14. The highest BCUT2D eigenvalue weighted by Crippen LogP contribution is 2.27. The highest BCUT2D eigenvalue weighted by Gasteiger charge is 2.08. The molecule has 0 amide bonds. The topological polar surface area (TPSA) is 38.0 Å². The van der Waals surface area contributed by atoms with Gasteiger partial charge in [-0.3, -0.25) is 0 Å². The van der Waals surface area contributed by atoms with Crippen molar-refractivity contribution in [3.8, 4) is 0 Å². The van der Waals surface area contributed by atoms with Crippen LogP contribution in [0.1, 0.15) is 16.7 Å². The Hall–Kier alpha value is -1.58. The van der Waals surface area contributed by atoms with Gasteiger partial charge in [0.25, 0.3) is 0 Å². The summed E-state index contributed by atoms with van der Waals surface area (Å²) in [5, 5.41) is 3.98. The second-order valence-corrected chi connectivity index (χ2v) is 5.30. The van der Waals surface area contributed by atoms with Crippen LogP contribution in [0.25, 0.3) is 0 Å². The lowest BCUT2D eigenvalue weighted by molar-refractivity contribution is 1.33. The Labute approximate surface area is 123 Å². The van der Waals surface area contributed by atoms with Gasteiger partial charge in [-0.1, -0.05) is 36.0 Å². The molecule has 0 saturated carbocycles. The molecule has 0 aliphatic carbocycles. The first-order valence-electron chi connectivity index (χ1n) is 5.91. The van der Waals surface area contributed by atoms with E-state index in [1.54, 1.807) is 6.07 Å². The van der Waals surface area contributed by atoms with Gasteiger partial charge in [-0.2, -0.15) is 0 Å². The van der Waals surface area contributed by atoms with E-state index in [-0.39, 0.29) is 0 Å². The molecule has 0 spiro atoms. The van der Waals surface area contributed by atoms with Gasteiger partial charge in [0.05, 0.1) is 0 Å². The third kappa shape index (κ3) is 3.06. The van der Waals surface area contributed by atoms with E-state index in [4.69, 9.17) is 29.6 Å². The first-order valence-corrected chi connectivity index (χ1v) is 6.70. The van der Waals surface area contributed by atoms with Crippen molar-refractivity contribution in [3.05, 3.63) is 58.1 Å². The minimum Gasteiger partial charge on any atom is -0.389 e. The molecule has 98 valence electrons. The molecule has 2 nitrogen and oxygen atoms in total. The van der Waals surface area contributed by atoms with Crippen LogP contribution in [0.15, 0.2) is 36.4 Å². The highest BCUT2D eigenvalue weighted by molar-refractivity contribution is 7.80. The maximum absolute atomic E-state index is 5.98. The maximum atomic E-state index is 5.98. The zero-order valence-corrected chi connectivity index (χ0v) is 12.4. The van der Waals surface area contributed by atoms with E-state index >= 15 is 0 Å². The molecular formula is C15H15ClN2S. The standard InChI is InChI=1S/C15H15ClN2S/c1-9-4-3-5-13(10(9)2)18-14-7-6-11(16)8-12(14)15(17)19/h3-8,18H,1-2H3,(H2,17,19).